The van der Waals surface area contributed by atoms with Crippen molar-refractivity contribution in [1.82, 2.24) is 15.1 Å². The number of hydrogen-bond donors (Lipinski definition) is 1. The Morgan fingerprint density at radius 3 is 2.36 bits per heavy atom. The van der Waals surface area contributed by atoms with Gasteiger partial charge in [0.2, 0.25) is 5.91 Å². The minimum atomic E-state index is 0.0574. The average molecular weight is 404 g/mol. The molecule has 1 saturated heterocycles. The van der Waals surface area contributed by atoms with Crippen molar-refractivity contribution in [2.75, 3.05) is 52.5 Å². The average Bonchev–Trinajstić information content (AvgIpc) is 3.21. The highest BCUT2D eigenvalue weighted by Crippen LogP contribution is 2.17. The molecule has 7 heteroatoms. The van der Waals surface area contributed by atoms with Crippen LogP contribution in [0.15, 0.2) is 41.8 Å². The Morgan fingerprint density at radius 1 is 1.04 bits per heavy atom. The van der Waals surface area contributed by atoms with Crippen molar-refractivity contribution in [3.8, 4) is 11.5 Å². The van der Waals surface area contributed by atoms with Gasteiger partial charge in [-0.25, -0.2) is 0 Å². The largest absolute Gasteiger partial charge is 0.494 e. The van der Waals surface area contributed by atoms with Gasteiger partial charge in [0.15, 0.2) is 0 Å². The van der Waals surface area contributed by atoms with Crippen molar-refractivity contribution in [2.24, 2.45) is 0 Å². The molecule has 2 heterocycles. The zero-order valence-electron chi connectivity index (χ0n) is 16.4. The molecule has 0 bridgehead atoms. The lowest BCUT2D eigenvalue weighted by Gasteiger charge is -2.34. The third kappa shape index (κ3) is 6.82. The molecule has 1 aromatic heterocycles. The molecule has 1 aromatic carbocycles. The van der Waals surface area contributed by atoms with Crippen LogP contribution in [0.1, 0.15) is 11.8 Å². The van der Waals surface area contributed by atoms with E-state index in [1.165, 1.54) is 4.88 Å². The second-order valence-corrected chi connectivity index (χ2v) is 7.77. The molecule has 152 valence electrons. The van der Waals surface area contributed by atoms with E-state index in [1.54, 1.807) is 11.3 Å². The normalized spacial score (nSPS) is 15.3. The van der Waals surface area contributed by atoms with Gasteiger partial charge in [0.1, 0.15) is 18.1 Å². The summed E-state index contributed by atoms with van der Waals surface area (Å²) in [6.07, 6.45) is 0. The molecule has 0 unspecified atom stereocenters. The van der Waals surface area contributed by atoms with Crippen molar-refractivity contribution < 1.29 is 14.3 Å². The Morgan fingerprint density at radius 2 is 1.71 bits per heavy atom. The fourth-order valence-corrected chi connectivity index (χ4v) is 3.89. The Labute approximate surface area is 171 Å². The van der Waals surface area contributed by atoms with E-state index in [9.17, 15) is 4.79 Å². The van der Waals surface area contributed by atoms with Crippen molar-refractivity contribution in [3.05, 3.63) is 46.7 Å². The number of thiophene rings is 1. The Balaban J connectivity index is 1.26. The summed E-state index contributed by atoms with van der Waals surface area (Å²) in [5.41, 5.74) is 0. The fourth-order valence-electron chi connectivity index (χ4n) is 3.15. The number of carbonyl (C=O) groups is 1. The molecule has 0 spiro atoms. The molecule has 0 saturated carbocycles. The van der Waals surface area contributed by atoms with E-state index in [0.717, 1.165) is 44.2 Å². The maximum Gasteiger partial charge on any atom is 0.234 e. The van der Waals surface area contributed by atoms with E-state index in [0.29, 0.717) is 26.3 Å². The maximum atomic E-state index is 12.1. The number of benzene rings is 1. The third-order valence-corrected chi connectivity index (χ3v) is 5.48. The number of nitrogens with zero attached hydrogens (tertiary/aromatic N) is 2. The van der Waals surface area contributed by atoms with Crippen LogP contribution in [-0.4, -0.2) is 68.2 Å². The number of rotatable bonds is 10. The number of piperazine rings is 1. The fraction of sp³-hybridized carbons (Fsp3) is 0.476. The Bertz CT molecular complexity index is 698. The highest BCUT2D eigenvalue weighted by Gasteiger charge is 2.19. The number of hydrogen-bond acceptors (Lipinski definition) is 6. The van der Waals surface area contributed by atoms with Crippen molar-refractivity contribution >= 4 is 17.2 Å². The van der Waals surface area contributed by atoms with Crippen LogP contribution in [0.5, 0.6) is 11.5 Å². The van der Waals surface area contributed by atoms with Crippen LogP contribution in [-0.2, 0) is 11.3 Å². The van der Waals surface area contributed by atoms with Gasteiger partial charge in [-0.3, -0.25) is 14.6 Å². The molecule has 1 aliphatic heterocycles. The summed E-state index contributed by atoms with van der Waals surface area (Å²) in [7, 11) is 0. The number of ether oxygens (including phenoxy) is 2. The first kappa shape index (κ1) is 20.6. The van der Waals surface area contributed by atoms with Gasteiger partial charge in [0.05, 0.1) is 19.7 Å². The van der Waals surface area contributed by atoms with Crippen molar-refractivity contribution in [1.29, 1.82) is 0 Å². The van der Waals surface area contributed by atoms with Crippen molar-refractivity contribution in [2.45, 2.75) is 13.5 Å². The summed E-state index contributed by atoms with van der Waals surface area (Å²) < 4.78 is 11.1. The SMILES string of the molecule is CCOc1ccc(OCCNC(=O)CN2CCN(Cc3cccs3)CC2)cc1. The van der Waals surface area contributed by atoms with Crippen LogP contribution in [0.4, 0.5) is 0 Å². The minimum Gasteiger partial charge on any atom is -0.494 e. The third-order valence-electron chi connectivity index (χ3n) is 4.62. The monoisotopic (exact) mass is 403 g/mol. The van der Waals surface area contributed by atoms with E-state index in [1.807, 2.05) is 31.2 Å². The molecule has 6 nitrogen and oxygen atoms in total. The highest BCUT2D eigenvalue weighted by molar-refractivity contribution is 7.09. The molecule has 1 N–H and O–H groups in total. The van der Waals surface area contributed by atoms with E-state index in [-0.39, 0.29) is 5.91 Å². The first-order valence-corrected chi connectivity index (χ1v) is 10.7. The first-order chi connectivity index (χ1) is 13.7. The van der Waals surface area contributed by atoms with Crippen LogP contribution in [0, 0.1) is 0 Å². The number of nitrogens with one attached hydrogen (secondary N) is 1. The molecule has 1 amide bonds. The Hall–Kier alpha value is -2.09. The summed E-state index contributed by atoms with van der Waals surface area (Å²) in [6.45, 7) is 8.91. The molecule has 0 radical (unpaired) electrons. The van der Waals surface area contributed by atoms with E-state index in [2.05, 4.69) is 32.6 Å². The standard InChI is InChI=1S/C21H29N3O3S/c1-2-26-18-5-7-19(8-6-18)27-14-9-22-21(25)17-24-12-10-23(11-13-24)16-20-4-3-15-28-20/h3-8,15H,2,9-14,16-17H2,1H3,(H,22,25). The lowest BCUT2D eigenvalue weighted by molar-refractivity contribution is -0.122. The van der Waals surface area contributed by atoms with Gasteiger partial charge in [-0.05, 0) is 42.6 Å². The van der Waals surface area contributed by atoms with Gasteiger partial charge < -0.3 is 14.8 Å². The van der Waals surface area contributed by atoms with Gasteiger partial charge >= 0.3 is 0 Å². The summed E-state index contributed by atoms with van der Waals surface area (Å²) in [5.74, 6) is 1.67. The van der Waals surface area contributed by atoms with Crippen LogP contribution in [0.25, 0.3) is 0 Å². The highest BCUT2D eigenvalue weighted by atomic mass is 32.1. The summed E-state index contributed by atoms with van der Waals surface area (Å²) in [4.78, 5) is 18.2. The molecule has 1 fully saturated rings. The predicted molar refractivity (Wildman–Crippen MR) is 112 cm³/mol. The first-order valence-electron chi connectivity index (χ1n) is 9.82. The van der Waals surface area contributed by atoms with Gasteiger partial charge in [-0.15, -0.1) is 11.3 Å². The van der Waals surface area contributed by atoms with Gasteiger partial charge in [-0.1, -0.05) is 6.07 Å². The van der Waals surface area contributed by atoms with Crippen LogP contribution < -0.4 is 14.8 Å². The predicted octanol–water partition coefficient (Wildman–Crippen LogP) is 2.46. The minimum absolute atomic E-state index is 0.0574. The number of amides is 1. The molecule has 28 heavy (non-hydrogen) atoms. The zero-order valence-corrected chi connectivity index (χ0v) is 17.2. The van der Waals surface area contributed by atoms with Crippen LogP contribution in [0.3, 0.4) is 0 Å². The molecular formula is C21H29N3O3S. The van der Waals surface area contributed by atoms with E-state index >= 15 is 0 Å². The smallest absolute Gasteiger partial charge is 0.234 e. The molecule has 0 aliphatic carbocycles. The summed E-state index contributed by atoms with van der Waals surface area (Å²) in [5, 5.41) is 5.06. The van der Waals surface area contributed by atoms with Crippen LogP contribution >= 0.6 is 11.3 Å². The molecular weight excluding hydrogens is 374 g/mol. The Kier molecular flexibility index (Phi) is 8.14. The summed E-state index contributed by atoms with van der Waals surface area (Å²) in [6, 6.07) is 11.8. The zero-order chi connectivity index (χ0) is 19.6. The second kappa shape index (κ2) is 11.0. The lowest BCUT2D eigenvalue weighted by atomic mass is 10.3. The van der Waals surface area contributed by atoms with Crippen molar-refractivity contribution in [3.63, 3.8) is 0 Å². The van der Waals surface area contributed by atoms with Gasteiger partial charge in [0.25, 0.3) is 0 Å². The van der Waals surface area contributed by atoms with Crippen LogP contribution in [0.2, 0.25) is 0 Å². The number of carbonyl (C=O) groups excluding carboxylic acids is 1. The molecule has 3 rings (SSSR count). The molecule has 2 aromatic rings. The maximum absolute atomic E-state index is 12.1. The molecule has 0 atom stereocenters. The van der Waals surface area contributed by atoms with Gasteiger partial charge in [0, 0.05) is 37.6 Å². The van der Waals surface area contributed by atoms with Gasteiger partial charge in [-0.2, -0.15) is 0 Å². The second-order valence-electron chi connectivity index (χ2n) is 6.73. The quantitative estimate of drug-likeness (QED) is 0.618. The topological polar surface area (TPSA) is 54.0 Å². The molecule has 1 aliphatic rings. The van der Waals surface area contributed by atoms with E-state index in [4.69, 9.17) is 9.47 Å². The van der Waals surface area contributed by atoms with E-state index < -0.39 is 0 Å². The lowest BCUT2D eigenvalue weighted by Crippen LogP contribution is -2.49. The summed E-state index contributed by atoms with van der Waals surface area (Å²) >= 11 is 1.80.